The molecule has 0 fully saturated rings. The van der Waals surface area contributed by atoms with Crippen LogP contribution in [0, 0.1) is 0 Å². The molecule has 104 valence electrons. The maximum atomic E-state index is 12.3. The van der Waals surface area contributed by atoms with Crippen molar-refractivity contribution in [2.24, 2.45) is 0 Å². The Bertz CT molecular complexity index is 605. The van der Waals surface area contributed by atoms with Crippen LogP contribution in [0.2, 0.25) is 0 Å². The molecule has 2 rings (SSSR count). The van der Waals surface area contributed by atoms with E-state index in [0.29, 0.717) is 21.2 Å². The van der Waals surface area contributed by atoms with Gasteiger partial charge in [0.05, 0.1) is 11.4 Å². The van der Waals surface area contributed by atoms with Gasteiger partial charge in [-0.2, -0.15) is 0 Å². The number of amides is 2. The number of carbonyl (C=O) groups is 1. The number of nitrogens with one attached hydrogen (secondary N) is 2. The zero-order chi connectivity index (χ0) is 14.5. The first-order chi connectivity index (χ1) is 9.61. The number of benzene rings is 2. The van der Waals surface area contributed by atoms with Crippen LogP contribution in [0.4, 0.5) is 16.2 Å². The minimum absolute atomic E-state index is 0.353. The van der Waals surface area contributed by atoms with Gasteiger partial charge in [-0.1, -0.05) is 18.2 Å². The van der Waals surface area contributed by atoms with E-state index in [1.165, 1.54) is 7.05 Å². The molecule has 0 heterocycles. The molecule has 2 amide bonds. The molecule has 6 heteroatoms. The lowest BCUT2D eigenvalue weighted by atomic mass is 10.3. The largest absolute Gasteiger partial charge is 0.606 e. The Labute approximate surface area is 120 Å². The van der Waals surface area contributed by atoms with Crippen molar-refractivity contribution in [2.45, 2.75) is 9.79 Å². The lowest BCUT2D eigenvalue weighted by Gasteiger charge is -2.12. The first-order valence-electron chi connectivity index (χ1n) is 5.97. The monoisotopic (exact) mass is 289 g/mol. The van der Waals surface area contributed by atoms with Crippen LogP contribution in [0.25, 0.3) is 0 Å². The number of anilines is 2. The summed E-state index contributed by atoms with van der Waals surface area (Å²) in [5.41, 5.74) is 6.72. The highest BCUT2D eigenvalue weighted by atomic mass is 32.2. The molecule has 0 radical (unpaired) electrons. The quantitative estimate of drug-likeness (QED) is 0.597. The molecule has 0 saturated carbocycles. The SMILES string of the molecule is CNC(=O)Nc1ccc([S+]([O-])c2ccccc2)cc1N. The molecule has 0 aliphatic carbocycles. The lowest BCUT2D eigenvalue weighted by molar-refractivity contribution is 0.254. The van der Waals surface area contributed by atoms with Gasteiger partial charge in [-0.15, -0.1) is 0 Å². The van der Waals surface area contributed by atoms with Gasteiger partial charge in [0.1, 0.15) is 0 Å². The van der Waals surface area contributed by atoms with Crippen LogP contribution < -0.4 is 16.4 Å². The van der Waals surface area contributed by atoms with Crippen molar-refractivity contribution in [2.75, 3.05) is 18.1 Å². The van der Waals surface area contributed by atoms with Gasteiger partial charge in [0.15, 0.2) is 9.79 Å². The molecule has 0 saturated heterocycles. The molecule has 0 aliphatic heterocycles. The van der Waals surface area contributed by atoms with E-state index in [4.69, 9.17) is 5.73 Å². The third kappa shape index (κ3) is 3.23. The molecule has 0 aromatic heterocycles. The lowest BCUT2D eigenvalue weighted by Crippen LogP contribution is -2.25. The van der Waals surface area contributed by atoms with E-state index in [-0.39, 0.29) is 6.03 Å². The van der Waals surface area contributed by atoms with Crippen LogP contribution in [-0.4, -0.2) is 17.6 Å². The molecular weight excluding hydrogens is 274 g/mol. The van der Waals surface area contributed by atoms with Crippen LogP contribution in [0.1, 0.15) is 0 Å². The molecular formula is C14H15N3O2S. The summed E-state index contributed by atoms with van der Waals surface area (Å²) in [6.45, 7) is 0. The van der Waals surface area contributed by atoms with Gasteiger partial charge in [0.2, 0.25) is 0 Å². The van der Waals surface area contributed by atoms with E-state index in [1.54, 1.807) is 30.3 Å². The van der Waals surface area contributed by atoms with E-state index < -0.39 is 11.2 Å². The fourth-order valence-corrected chi connectivity index (χ4v) is 2.74. The molecule has 5 nitrogen and oxygen atoms in total. The zero-order valence-electron chi connectivity index (χ0n) is 10.9. The standard InChI is InChI=1S/C14H15N3O2S/c1-16-14(18)17-13-8-7-11(9-12(13)15)20(19)10-5-3-2-4-6-10/h2-9H,15H2,1H3,(H2,16,17,18). The maximum Gasteiger partial charge on any atom is 0.319 e. The van der Waals surface area contributed by atoms with E-state index in [2.05, 4.69) is 10.6 Å². The molecule has 0 bridgehead atoms. The molecule has 4 N–H and O–H groups in total. The summed E-state index contributed by atoms with van der Waals surface area (Å²) in [5.74, 6) is 0. The number of hydrogen-bond acceptors (Lipinski definition) is 3. The van der Waals surface area contributed by atoms with Crippen LogP contribution >= 0.6 is 0 Å². The smallest absolute Gasteiger partial charge is 0.319 e. The predicted molar refractivity (Wildman–Crippen MR) is 80.0 cm³/mol. The van der Waals surface area contributed by atoms with Gasteiger partial charge in [-0.05, 0) is 24.3 Å². The van der Waals surface area contributed by atoms with Crippen LogP contribution in [0.3, 0.4) is 0 Å². The fourth-order valence-electron chi connectivity index (χ4n) is 1.63. The molecule has 1 unspecified atom stereocenters. The third-order valence-electron chi connectivity index (χ3n) is 2.67. The highest BCUT2D eigenvalue weighted by Crippen LogP contribution is 2.26. The van der Waals surface area contributed by atoms with Crippen molar-refractivity contribution in [3.63, 3.8) is 0 Å². The summed E-state index contributed by atoms with van der Waals surface area (Å²) in [4.78, 5) is 12.5. The van der Waals surface area contributed by atoms with Crippen molar-refractivity contribution in [1.82, 2.24) is 5.32 Å². The van der Waals surface area contributed by atoms with Crippen LogP contribution in [0.5, 0.6) is 0 Å². The Morgan fingerprint density at radius 2 is 1.85 bits per heavy atom. The average Bonchev–Trinajstić information content (AvgIpc) is 2.49. The van der Waals surface area contributed by atoms with Crippen molar-refractivity contribution in [3.05, 3.63) is 48.5 Å². The summed E-state index contributed by atoms with van der Waals surface area (Å²) in [6, 6.07) is 13.7. The van der Waals surface area contributed by atoms with E-state index >= 15 is 0 Å². The first kappa shape index (κ1) is 14.2. The maximum absolute atomic E-state index is 12.3. The van der Waals surface area contributed by atoms with Gasteiger partial charge in [-0.25, -0.2) is 4.79 Å². The Kier molecular flexibility index (Phi) is 4.49. The fraction of sp³-hybridized carbons (Fsp3) is 0.0714. The minimum atomic E-state index is -1.29. The second-order valence-electron chi connectivity index (χ2n) is 4.03. The van der Waals surface area contributed by atoms with E-state index in [1.807, 2.05) is 18.2 Å². The Balaban J connectivity index is 2.23. The highest BCUT2D eigenvalue weighted by Gasteiger charge is 2.16. The summed E-state index contributed by atoms with van der Waals surface area (Å²) in [6.07, 6.45) is 0. The number of carbonyl (C=O) groups excluding carboxylic acids is 1. The second kappa shape index (κ2) is 6.31. The van der Waals surface area contributed by atoms with Crippen LogP contribution in [-0.2, 0) is 11.2 Å². The van der Waals surface area contributed by atoms with Gasteiger partial charge in [-0.3, -0.25) is 0 Å². The van der Waals surface area contributed by atoms with E-state index in [9.17, 15) is 9.35 Å². The van der Waals surface area contributed by atoms with E-state index in [0.717, 1.165) is 0 Å². The number of nitrogen functional groups attached to an aromatic ring is 1. The van der Waals surface area contributed by atoms with Gasteiger partial charge in [0.25, 0.3) is 0 Å². The number of rotatable bonds is 3. The van der Waals surface area contributed by atoms with Gasteiger partial charge >= 0.3 is 6.03 Å². The number of urea groups is 1. The molecule has 20 heavy (non-hydrogen) atoms. The molecule has 1 atom stereocenters. The first-order valence-corrected chi connectivity index (χ1v) is 7.12. The van der Waals surface area contributed by atoms with Gasteiger partial charge in [0, 0.05) is 24.3 Å². The van der Waals surface area contributed by atoms with Crippen molar-refractivity contribution in [3.8, 4) is 0 Å². The normalized spacial score (nSPS) is 11.7. The predicted octanol–water partition coefficient (Wildman–Crippen LogP) is 2.19. The molecule has 0 spiro atoms. The topological polar surface area (TPSA) is 90.2 Å². The number of nitrogens with two attached hydrogens (primary N) is 1. The highest BCUT2D eigenvalue weighted by molar-refractivity contribution is 7.91. The summed E-state index contributed by atoms with van der Waals surface area (Å²) in [7, 11) is 1.52. The van der Waals surface area contributed by atoms with Crippen molar-refractivity contribution in [1.29, 1.82) is 0 Å². The summed E-state index contributed by atoms with van der Waals surface area (Å²) in [5, 5.41) is 5.03. The van der Waals surface area contributed by atoms with Crippen molar-refractivity contribution < 1.29 is 9.35 Å². The minimum Gasteiger partial charge on any atom is -0.606 e. The molecule has 2 aromatic rings. The Hall–Kier alpha value is -2.18. The summed E-state index contributed by atoms with van der Waals surface area (Å²) < 4.78 is 12.3. The second-order valence-corrected chi connectivity index (χ2v) is 5.52. The summed E-state index contributed by atoms with van der Waals surface area (Å²) >= 11 is -1.29. The molecule has 0 aliphatic rings. The molecule has 2 aromatic carbocycles. The van der Waals surface area contributed by atoms with Crippen LogP contribution in [0.15, 0.2) is 58.3 Å². The van der Waals surface area contributed by atoms with Gasteiger partial charge < -0.3 is 20.9 Å². The van der Waals surface area contributed by atoms with Crippen molar-refractivity contribution >= 4 is 28.6 Å². The number of hydrogen-bond donors (Lipinski definition) is 3. The Morgan fingerprint density at radius 1 is 1.15 bits per heavy atom. The third-order valence-corrected chi connectivity index (χ3v) is 4.05. The zero-order valence-corrected chi connectivity index (χ0v) is 11.7. The average molecular weight is 289 g/mol. The Morgan fingerprint density at radius 3 is 2.45 bits per heavy atom.